The van der Waals surface area contributed by atoms with Gasteiger partial charge in [0.25, 0.3) is 0 Å². The molecule has 0 spiro atoms. The number of nitrogens with zero attached hydrogens (tertiary/aromatic N) is 2. The van der Waals surface area contributed by atoms with Gasteiger partial charge in [-0.25, -0.2) is 4.98 Å². The molecule has 0 atom stereocenters. The van der Waals surface area contributed by atoms with Gasteiger partial charge in [-0.05, 0) is 25.0 Å². The molecule has 19 heavy (non-hydrogen) atoms. The smallest absolute Gasteiger partial charge is 0.119 e. The average Bonchev–Trinajstić information content (AvgIpc) is 2.86. The van der Waals surface area contributed by atoms with Gasteiger partial charge in [0, 0.05) is 18.5 Å². The highest BCUT2D eigenvalue weighted by Gasteiger charge is 2.20. The van der Waals surface area contributed by atoms with Crippen molar-refractivity contribution in [1.82, 2.24) is 9.55 Å². The summed E-state index contributed by atoms with van der Waals surface area (Å²) in [5.41, 5.74) is 2.81. The predicted molar refractivity (Wildman–Crippen MR) is 73.1 cm³/mol. The minimum Gasteiger partial charge on any atom is -0.497 e. The number of benzene rings is 1. The van der Waals surface area contributed by atoms with Crippen LogP contribution in [0.15, 0.2) is 24.3 Å². The molecule has 0 radical (unpaired) electrons. The fourth-order valence-electron chi connectivity index (χ4n) is 2.71. The van der Waals surface area contributed by atoms with Crippen LogP contribution in [0.3, 0.4) is 0 Å². The number of hydrogen-bond acceptors (Lipinski definition) is 3. The molecule has 0 amide bonds. The van der Waals surface area contributed by atoms with Crippen molar-refractivity contribution in [1.29, 1.82) is 0 Å². The first kappa shape index (κ1) is 12.2. The van der Waals surface area contributed by atoms with Crippen LogP contribution in [0.5, 0.6) is 5.75 Å². The Bertz CT molecular complexity index is 590. The summed E-state index contributed by atoms with van der Waals surface area (Å²) in [7, 11) is 1.66. The highest BCUT2D eigenvalue weighted by molar-refractivity contribution is 5.64. The van der Waals surface area contributed by atoms with Gasteiger partial charge in [0.05, 0.1) is 25.1 Å². The van der Waals surface area contributed by atoms with Crippen molar-refractivity contribution in [3.63, 3.8) is 0 Å². The minimum absolute atomic E-state index is 0.0273. The first-order chi connectivity index (χ1) is 9.33. The third-order valence-electron chi connectivity index (χ3n) is 3.68. The lowest BCUT2D eigenvalue weighted by Gasteiger charge is -2.15. The number of fused-ring (bicyclic) bond motifs is 1. The first-order valence-electron chi connectivity index (χ1n) is 6.67. The number of hydrogen-bond donors (Lipinski definition) is 1. The second kappa shape index (κ2) is 5.05. The van der Waals surface area contributed by atoms with E-state index in [9.17, 15) is 5.11 Å². The molecule has 1 aliphatic heterocycles. The molecule has 0 aliphatic carbocycles. The van der Waals surface area contributed by atoms with Crippen molar-refractivity contribution in [3.05, 3.63) is 35.8 Å². The van der Waals surface area contributed by atoms with E-state index in [-0.39, 0.29) is 6.61 Å². The lowest BCUT2D eigenvalue weighted by Crippen LogP contribution is -2.12. The number of aliphatic hydroxyl groups excluding tert-OH is 1. The zero-order valence-electron chi connectivity index (χ0n) is 11.1. The molecule has 1 N–H and O–H groups in total. The third-order valence-corrected chi connectivity index (χ3v) is 3.68. The summed E-state index contributed by atoms with van der Waals surface area (Å²) in [4.78, 5) is 4.71. The van der Waals surface area contributed by atoms with Gasteiger partial charge in [0.15, 0.2) is 0 Å². The van der Waals surface area contributed by atoms with Gasteiger partial charge in [0.1, 0.15) is 11.6 Å². The number of rotatable bonds is 3. The number of aliphatic hydroxyl groups is 1. The fraction of sp³-hybridized carbons (Fsp3) is 0.400. The van der Waals surface area contributed by atoms with Gasteiger partial charge in [-0.2, -0.15) is 0 Å². The zero-order valence-corrected chi connectivity index (χ0v) is 11.1. The number of aromatic nitrogens is 2. The molecule has 4 nitrogen and oxygen atoms in total. The van der Waals surface area contributed by atoms with Crippen molar-refractivity contribution in [2.24, 2.45) is 0 Å². The summed E-state index contributed by atoms with van der Waals surface area (Å²) in [6.07, 6.45) is 3.34. The van der Waals surface area contributed by atoms with Crippen LogP contribution < -0.4 is 4.74 Å². The highest BCUT2D eigenvalue weighted by Crippen LogP contribution is 2.29. The first-order valence-corrected chi connectivity index (χ1v) is 6.67. The zero-order chi connectivity index (χ0) is 13.2. The molecule has 0 saturated heterocycles. The molecule has 0 unspecified atom stereocenters. The molecule has 3 rings (SSSR count). The quantitative estimate of drug-likeness (QED) is 0.919. The number of aryl methyl sites for hydroxylation is 1. The molecule has 1 aromatic heterocycles. The summed E-state index contributed by atoms with van der Waals surface area (Å²) in [6, 6.07) is 7.84. The Kier molecular flexibility index (Phi) is 3.25. The van der Waals surface area contributed by atoms with Crippen LogP contribution in [0.4, 0.5) is 0 Å². The number of ether oxygens (including phenoxy) is 1. The molecule has 100 valence electrons. The maximum absolute atomic E-state index is 9.66. The Balaban J connectivity index is 2.11. The van der Waals surface area contributed by atoms with Crippen LogP contribution in [-0.4, -0.2) is 21.8 Å². The Morgan fingerprint density at radius 3 is 3.05 bits per heavy atom. The molecule has 0 saturated carbocycles. The number of imidazole rings is 1. The van der Waals surface area contributed by atoms with E-state index < -0.39 is 0 Å². The van der Waals surface area contributed by atoms with Gasteiger partial charge < -0.3 is 14.4 Å². The van der Waals surface area contributed by atoms with Crippen molar-refractivity contribution < 1.29 is 9.84 Å². The van der Waals surface area contributed by atoms with E-state index in [1.807, 2.05) is 24.3 Å². The van der Waals surface area contributed by atoms with Gasteiger partial charge in [-0.1, -0.05) is 12.1 Å². The second-order valence-corrected chi connectivity index (χ2v) is 4.82. The van der Waals surface area contributed by atoms with Gasteiger partial charge in [-0.3, -0.25) is 0 Å². The van der Waals surface area contributed by atoms with E-state index in [0.29, 0.717) is 0 Å². The Morgan fingerprint density at radius 2 is 2.26 bits per heavy atom. The van der Waals surface area contributed by atoms with E-state index in [2.05, 4.69) is 4.57 Å². The summed E-state index contributed by atoms with van der Waals surface area (Å²) in [5.74, 6) is 1.90. The number of methoxy groups -OCH3 is 1. The molecule has 0 bridgehead atoms. The summed E-state index contributed by atoms with van der Waals surface area (Å²) >= 11 is 0. The minimum atomic E-state index is 0.0273. The Morgan fingerprint density at radius 1 is 1.37 bits per heavy atom. The lowest BCUT2D eigenvalue weighted by molar-refractivity contribution is 0.268. The predicted octanol–water partition coefficient (Wildman–Crippen LogP) is 2.39. The van der Waals surface area contributed by atoms with Crippen LogP contribution in [-0.2, 0) is 19.6 Å². The second-order valence-electron chi connectivity index (χ2n) is 4.82. The van der Waals surface area contributed by atoms with Crippen LogP contribution in [0, 0.1) is 0 Å². The summed E-state index contributed by atoms with van der Waals surface area (Å²) < 4.78 is 7.42. The fourth-order valence-corrected chi connectivity index (χ4v) is 2.71. The van der Waals surface area contributed by atoms with Crippen molar-refractivity contribution >= 4 is 0 Å². The van der Waals surface area contributed by atoms with E-state index >= 15 is 0 Å². The van der Waals surface area contributed by atoms with Crippen molar-refractivity contribution in [2.75, 3.05) is 7.11 Å². The highest BCUT2D eigenvalue weighted by atomic mass is 16.5. The summed E-state index contributed by atoms with van der Waals surface area (Å²) in [6.45, 7) is 0.988. The Hall–Kier alpha value is -1.81. The van der Waals surface area contributed by atoms with Crippen LogP contribution >= 0.6 is 0 Å². The maximum atomic E-state index is 9.66. The van der Waals surface area contributed by atoms with Crippen LogP contribution in [0.1, 0.15) is 24.4 Å². The molecule has 0 fully saturated rings. The summed E-state index contributed by atoms with van der Waals surface area (Å²) in [5, 5.41) is 9.66. The molecule has 1 aliphatic rings. The Labute approximate surface area is 112 Å². The van der Waals surface area contributed by atoms with Crippen molar-refractivity contribution in [2.45, 2.75) is 32.4 Å². The van der Waals surface area contributed by atoms with E-state index in [4.69, 9.17) is 9.72 Å². The average molecular weight is 258 g/mol. The maximum Gasteiger partial charge on any atom is 0.119 e. The van der Waals surface area contributed by atoms with Crippen LogP contribution in [0.2, 0.25) is 0 Å². The van der Waals surface area contributed by atoms with E-state index in [1.54, 1.807) is 7.11 Å². The third kappa shape index (κ3) is 2.12. The van der Waals surface area contributed by atoms with E-state index in [0.717, 1.165) is 47.9 Å². The standard InChI is InChI=1S/C15H18N2O2/c1-19-12-6-4-5-11(9-12)15-13(10-18)17-8-3-2-7-14(17)16-15/h4-6,9,18H,2-3,7-8,10H2,1H3. The molecule has 4 heteroatoms. The normalized spacial score (nSPS) is 14.2. The molecular formula is C15H18N2O2. The van der Waals surface area contributed by atoms with Crippen molar-refractivity contribution in [3.8, 4) is 17.0 Å². The molecule has 2 heterocycles. The van der Waals surface area contributed by atoms with E-state index in [1.165, 1.54) is 6.42 Å². The topological polar surface area (TPSA) is 47.3 Å². The van der Waals surface area contributed by atoms with Crippen LogP contribution in [0.25, 0.3) is 11.3 Å². The van der Waals surface area contributed by atoms with Gasteiger partial charge in [-0.15, -0.1) is 0 Å². The molecule has 1 aromatic carbocycles. The molecular weight excluding hydrogens is 240 g/mol. The lowest BCUT2D eigenvalue weighted by atomic mass is 10.1. The van der Waals surface area contributed by atoms with Gasteiger partial charge >= 0.3 is 0 Å². The monoisotopic (exact) mass is 258 g/mol. The largest absolute Gasteiger partial charge is 0.497 e. The molecule has 2 aromatic rings. The SMILES string of the molecule is COc1cccc(-c2nc3n(c2CO)CCCC3)c1. The van der Waals surface area contributed by atoms with Gasteiger partial charge in [0.2, 0.25) is 0 Å².